The van der Waals surface area contributed by atoms with Crippen LogP contribution < -0.4 is 11.5 Å². The normalized spacial score (nSPS) is 10.8. The van der Waals surface area contributed by atoms with Crippen LogP contribution in [0.2, 0.25) is 5.02 Å². The van der Waals surface area contributed by atoms with E-state index >= 15 is 0 Å². The average molecular weight is 199 g/mol. The lowest BCUT2D eigenvalue weighted by Gasteiger charge is -2.14. The number of nitrogens with two attached hydrogens (primary N) is 2. The Labute approximate surface area is 83.9 Å². The Morgan fingerprint density at radius 2 is 1.77 bits per heavy atom. The van der Waals surface area contributed by atoms with Gasteiger partial charge in [-0.15, -0.1) is 0 Å². The van der Waals surface area contributed by atoms with Crippen molar-refractivity contribution in [1.82, 2.24) is 0 Å². The predicted octanol–water partition coefficient (Wildman–Crippen LogP) is 2.94. The van der Waals surface area contributed by atoms with Gasteiger partial charge in [0.2, 0.25) is 0 Å². The molecule has 4 N–H and O–H groups in total. The summed E-state index contributed by atoms with van der Waals surface area (Å²) in [6.45, 7) is 6.01. The topological polar surface area (TPSA) is 52.0 Å². The Balaban J connectivity index is 3.41. The van der Waals surface area contributed by atoms with Crippen LogP contribution in [0.1, 0.15) is 30.9 Å². The van der Waals surface area contributed by atoms with Crippen molar-refractivity contribution in [2.45, 2.75) is 26.7 Å². The lowest BCUT2D eigenvalue weighted by Crippen LogP contribution is -2.03. The fourth-order valence-electron chi connectivity index (χ4n) is 1.29. The number of nitrogen functional groups attached to an aromatic ring is 2. The van der Waals surface area contributed by atoms with Gasteiger partial charge in [-0.1, -0.05) is 25.4 Å². The van der Waals surface area contributed by atoms with Crippen LogP contribution in [0.5, 0.6) is 0 Å². The molecule has 0 atom stereocenters. The number of anilines is 2. The van der Waals surface area contributed by atoms with Gasteiger partial charge in [-0.2, -0.15) is 0 Å². The number of hydrogen-bond donors (Lipinski definition) is 2. The molecule has 0 bridgehead atoms. The lowest BCUT2D eigenvalue weighted by molar-refractivity contribution is 0.870. The quantitative estimate of drug-likeness (QED) is 0.682. The van der Waals surface area contributed by atoms with E-state index in [0.29, 0.717) is 22.3 Å². The Hall–Kier alpha value is -0.890. The van der Waals surface area contributed by atoms with E-state index in [1.54, 1.807) is 0 Å². The Morgan fingerprint density at radius 3 is 2.23 bits per heavy atom. The molecule has 0 unspecified atom stereocenters. The van der Waals surface area contributed by atoms with Crippen LogP contribution >= 0.6 is 11.6 Å². The van der Waals surface area contributed by atoms with Crippen LogP contribution in [0, 0.1) is 6.92 Å². The van der Waals surface area contributed by atoms with Gasteiger partial charge in [-0.05, 0) is 30.0 Å². The van der Waals surface area contributed by atoms with Gasteiger partial charge in [0.1, 0.15) is 0 Å². The molecule has 0 aromatic heterocycles. The number of rotatable bonds is 1. The Morgan fingerprint density at radius 1 is 1.23 bits per heavy atom. The molecule has 0 saturated heterocycles. The molecule has 0 amide bonds. The smallest absolute Gasteiger partial charge is 0.0595 e. The van der Waals surface area contributed by atoms with E-state index in [4.69, 9.17) is 23.1 Å². The van der Waals surface area contributed by atoms with Gasteiger partial charge in [0.25, 0.3) is 0 Å². The maximum atomic E-state index is 6.00. The third-order valence-corrected chi connectivity index (χ3v) is 2.66. The highest BCUT2D eigenvalue weighted by Crippen LogP contribution is 2.34. The third kappa shape index (κ3) is 1.73. The van der Waals surface area contributed by atoms with Crippen molar-refractivity contribution in [3.05, 3.63) is 22.2 Å². The standard InChI is InChI=1S/C10H15ClN2/c1-5(2)7-4-8(11)6(3)9(12)10(7)13/h4-5H,12-13H2,1-3H3. The SMILES string of the molecule is Cc1c(Cl)cc(C(C)C)c(N)c1N. The van der Waals surface area contributed by atoms with Gasteiger partial charge in [-0.25, -0.2) is 0 Å². The monoisotopic (exact) mass is 198 g/mol. The molecule has 0 aliphatic rings. The second kappa shape index (κ2) is 3.46. The molecular formula is C10H15ClN2. The van der Waals surface area contributed by atoms with Crippen LogP contribution in [-0.2, 0) is 0 Å². The molecule has 2 nitrogen and oxygen atoms in total. The first-order valence-corrected chi connectivity index (χ1v) is 4.67. The van der Waals surface area contributed by atoms with Crippen LogP contribution in [0.3, 0.4) is 0 Å². The maximum Gasteiger partial charge on any atom is 0.0595 e. The first-order chi connectivity index (χ1) is 5.95. The van der Waals surface area contributed by atoms with Gasteiger partial charge in [0, 0.05) is 5.02 Å². The van der Waals surface area contributed by atoms with Crippen LogP contribution in [0.15, 0.2) is 6.07 Å². The summed E-state index contributed by atoms with van der Waals surface area (Å²) < 4.78 is 0. The molecule has 72 valence electrons. The van der Waals surface area contributed by atoms with Crippen LogP contribution in [0.25, 0.3) is 0 Å². The number of benzene rings is 1. The Kier molecular flexibility index (Phi) is 2.71. The molecule has 0 fully saturated rings. The van der Waals surface area contributed by atoms with E-state index in [-0.39, 0.29) is 0 Å². The molecule has 0 aliphatic carbocycles. The second-order valence-corrected chi connectivity index (χ2v) is 3.96. The molecule has 1 aromatic rings. The predicted molar refractivity (Wildman–Crippen MR) is 59.1 cm³/mol. The van der Waals surface area contributed by atoms with E-state index in [1.807, 2.05) is 13.0 Å². The van der Waals surface area contributed by atoms with Crippen LogP contribution in [0.4, 0.5) is 11.4 Å². The molecule has 3 heteroatoms. The van der Waals surface area contributed by atoms with Crippen molar-refractivity contribution in [2.75, 3.05) is 11.5 Å². The highest BCUT2D eigenvalue weighted by Gasteiger charge is 2.11. The minimum Gasteiger partial charge on any atom is -0.397 e. The van der Waals surface area contributed by atoms with Crippen molar-refractivity contribution in [1.29, 1.82) is 0 Å². The molecular weight excluding hydrogens is 184 g/mol. The summed E-state index contributed by atoms with van der Waals surface area (Å²) in [6, 6.07) is 1.90. The van der Waals surface area contributed by atoms with Gasteiger partial charge in [0.15, 0.2) is 0 Å². The summed E-state index contributed by atoms with van der Waals surface area (Å²) in [5.74, 6) is 0.348. The molecule has 1 rings (SSSR count). The summed E-state index contributed by atoms with van der Waals surface area (Å²) in [4.78, 5) is 0. The van der Waals surface area contributed by atoms with E-state index < -0.39 is 0 Å². The molecule has 0 radical (unpaired) electrons. The summed E-state index contributed by atoms with van der Waals surface area (Å²) in [5.41, 5.74) is 14.8. The van der Waals surface area contributed by atoms with Crippen molar-refractivity contribution in [2.24, 2.45) is 0 Å². The maximum absolute atomic E-state index is 6.00. The number of hydrogen-bond acceptors (Lipinski definition) is 2. The van der Waals surface area contributed by atoms with Crippen molar-refractivity contribution >= 4 is 23.0 Å². The molecule has 0 aliphatic heterocycles. The lowest BCUT2D eigenvalue weighted by atomic mass is 9.98. The minimum absolute atomic E-state index is 0.348. The first kappa shape index (κ1) is 10.2. The minimum atomic E-state index is 0.348. The van der Waals surface area contributed by atoms with Crippen molar-refractivity contribution < 1.29 is 0 Å². The summed E-state index contributed by atoms with van der Waals surface area (Å²) in [5, 5.41) is 0.690. The fraction of sp³-hybridized carbons (Fsp3) is 0.400. The zero-order chi connectivity index (χ0) is 10.2. The highest BCUT2D eigenvalue weighted by molar-refractivity contribution is 6.32. The zero-order valence-corrected chi connectivity index (χ0v) is 8.94. The average Bonchev–Trinajstić information content (AvgIpc) is 2.07. The molecule has 0 heterocycles. The van der Waals surface area contributed by atoms with Gasteiger partial charge in [0.05, 0.1) is 11.4 Å². The van der Waals surface area contributed by atoms with Gasteiger partial charge in [-0.3, -0.25) is 0 Å². The van der Waals surface area contributed by atoms with E-state index in [2.05, 4.69) is 13.8 Å². The molecule has 13 heavy (non-hydrogen) atoms. The van der Waals surface area contributed by atoms with E-state index in [1.165, 1.54) is 0 Å². The van der Waals surface area contributed by atoms with Gasteiger partial charge >= 0.3 is 0 Å². The van der Waals surface area contributed by atoms with E-state index in [0.717, 1.165) is 11.1 Å². The molecule has 0 saturated carbocycles. The van der Waals surface area contributed by atoms with Crippen molar-refractivity contribution in [3.63, 3.8) is 0 Å². The zero-order valence-electron chi connectivity index (χ0n) is 8.19. The highest BCUT2D eigenvalue weighted by atomic mass is 35.5. The Bertz CT molecular complexity index is 332. The summed E-state index contributed by atoms with van der Waals surface area (Å²) in [6.07, 6.45) is 0. The molecule has 1 aromatic carbocycles. The number of halogens is 1. The summed E-state index contributed by atoms with van der Waals surface area (Å²) in [7, 11) is 0. The third-order valence-electron chi connectivity index (χ3n) is 2.27. The largest absolute Gasteiger partial charge is 0.397 e. The van der Waals surface area contributed by atoms with E-state index in [9.17, 15) is 0 Å². The summed E-state index contributed by atoms with van der Waals surface area (Å²) >= 11 is 6.00. The van der Waals surface area contributed by atoms with Crippen LogP contribution in [-0.4, -0.2) is 0 Å². The fourth-order valence-corrected chi connectivity index (χ4v) is 1.51. The molecule has 0 spiro atoms. The first-order valence-electron chi connectivity index (χ1n) is 4.29. The van der Waals surface area contributed by atoms with Crippen molar-refractivity contribution in [3.8, 4) is 0 Å². The second-order valence-electron chi connectivity index (χ2n) is 3.55. The van der Waals surface area contributed by atoms with Gasteiger partial charge < -0.3 is 11.5 Å².